The van der Waals surface area contributed by atoms with Gasteiger partial charge in [0.2, 0.25) is 11.8 Å². The number of benzene rings is 1. The molecular weight excluding hydrogens is 302 g/mol. The monoisotopic (exact) mass is 319 g/mol. The van der Waals surface area contributed by atoms with Crippen molar-refractivity contribution in [1.82, 2.24) is 15.1 Å². The fourth-order valence-electron chi connectivity index (χ4n) is 2.74. The highest BCUT2D eigenvalue weighted by atomic mass is 35.5. The number of aromatic nitrogens is 2. The number of nitrogens with zero attached hydrogens (tertiary/aromatic N) is 3. The highest BCUT2D eigenvalue weighted by Gasteiger charge is 2.30. The van der Waals surface area contributed by atoms with Gasteiger partial charge in [0, 0.05) is 24.0 Å². The smallest absolute Gasteiger partial charge is 0.230 e. The highest BCUT2D eigenvalue weighted by Crippen LogP contribution is 2.39. The standard InChI is InChI=1S/C16H18ClN3O2/c17-13-5-3-11(4-6-13)14-9-20(7-8-21-14)10-15-18-19-16(22-15)12-1-2-12/h3-6,12,14H,1-2,7-10H2. The number of ether oxygens (including phenoxy) is 1. The molecule has 1 aromatic carbocycles. The first-order valence-corrected chi connectivity index (χ1v) is 8.07. The molecule has 2 heterocycles. The third-order valence-electron chi connectivity index (χ3n) is 4.16. The Kier molecular flexibility index (Phi) is 3.86. The van der Waals surface area contributed by atoms with Gasteiger partial charge in [-0.05, 0) is 30.5 Å². The Morgan fingerprint density at radius 2 is 2.00 bits per heavy atom. The van der Waals surface area contributed by atoms with Crippen molar-refractivity contribution in [3.05, 3.63) is 46.6 Å². The van der Waals surface area contributed by atoms with Crippen molar-refractivity contribution in [2.24, 2.45) is 0 Å². The molecule has 0 bridgehead atoms. The van der Waals surface area contributed by atoms with Gasteiger partial charge in [-0.1, -0.05) is 23.7 Å². The average molecular weight is 320 g/mol. The molecule has 2 aromatic rings. The molecule has 1 saturated heterocycles. The molecule has 116 valence electrons. The Hall–Kier alpha value is -1.43. The molecule has 1 unspecified atom stereocenters. The van der Waals surface area contributed by atoms with Gasteiger partial charge in [-0.15, -0.1) is 10.2 Å². The summed E-state index contributed by atoms with van der Waals surface area (Å²) in [5.41, 5.74) is 1.15. The van der Waals surface area contributed by atoms with E-state index in [0.717, 1.165) is 29.6 Å². The first kappa shape index (κ1) is 14.2. The second kappa shape index (κ2) is 5.99. The maximum atomic E-state index is 5.94. The minimum atomic E-state index is 0.0665. The maximum Gasteiger partial charge on any atom is 0.230 e. The Bertz CT molecular complexity index is 639. The second-order valence-electron chi connectivity index (χ2n) is 5.95. The van der Waals surface area contributed by atoms with Crippen LogP contribution in [0, 0.1) is 0 Å². The molecular formula is C16H18ClN3O2. The highest BCUT2D eigenvalue weighted by molar-refractivity contribution is 6.30. The molecule has 1 aliphatic heterocycles. The Morgan fingerprint density at radius 1 is 1.18 bits per heavy atom. The first-order valence-electron chi connectivity index (χ1n) is 7.69. The van der Waals surface area contributed by atoms with Crippen molar-refractivity contribution in [2.75, 3.05) is 19.7 Å². The maximum absolute atomic E-state index is 5.94. The van der Waals surface area contributed by atoms with Crippen LogP contribution >= 0.6 is 11.6 Å². The molecule has 2 aliphatic rings. The van der Waals surface area contributed by atoms with Gasteiger partial charge < -0.3 is 9.15 Å². The molecule has 0 spiro atoms. The normalized spacial score (nSPS) is 22.9. The average Bonchev–Trinajstić information content (AvgIpc) is 3.29. The fourth-order valence-corrected chi connectivity index (χ4v) is 2.87. The largest absolute Gasteiger partial charge is 0.424 e. The van der Waals surface area contributed by atoms with E-state index in [1.807, 2.05) is 24.3 Å². The van der Waals surface area contributed by atoms with Gasteiger partial charge in [0.25, 0.3) is 0 Å². The minimum Gasteiger partial charge on any atom is -0.424 e. The number of hydrogen-bond acceptors (Lipinski definition) is 5. The van der Waals surface area contributed by atoms with Crippen LogP contribution in [0.2, 0.25) is 5.02 Å². The summed E-state index contributed by atoms with van der Waals surface area (Å²) in [7, 11) is 0. The van der Waals surface area contributed by atoms with Crippen molar-refractivity contribution in [1.29, 1.82) is 0 Å². The molecule has 1 aromatic heterocycles. The van der Waals surface area contributed by atoms with E-state index < -0.39 is 0 Å². The lowest BCUT2D eigenvalue weighted by atomic mass is 10.1. The van der Waals surface area contributed by atoms with E-state index in [0.29, 0.717) is 25.0 Å². The molecule has 0 N–H and O–H groups in total. The van der Waals surface area contributed by atoms with Crippen molar-refractivity contribution in [2.45, 2.75) is 31.4 Å². The molecule has 2 fully saturated rings. The number of halogens is 1. The Morgan fingerprint density at radius 3 is 2.77 bits per heavy atom. The van der Waals surface area contributed by atoms with Crippen molar-refractivity contribution in [3.8, 4) is 0 Å². The molecule has 1 saturated carbocycles. The molecule has 6 heteroatoms. The SMILES string of the molecule is Clc1ccc(C2CN(Cc3nnc(C4CC4)o3)CCO2)cc1. The zero-order valence-corrected chi connectivity index (χ0v) is 13.0. The predicted molar refractivity (Wildman–Crippen MR) is 81.7 cm³/mol. The van der Waals surface area contributed by atoms with Gasteiger partial charge in [-0.25, -0.2) is 0 Å². The van der Waals surface area contributed by atoms with Gasteiger partial charge in [0.1, 0.15) is 0 Å². The van der Waals surface area contributed by atoms with Crippen LogP contribution in [-0.2, 0) is 11.3 Å². The van der Waals surface area contributed by atoms with Crippen LogP contribution in [0.25, 0.3) is 0 Å². The van der Waals surface area contributed by atoms with Gasteiger partial charge >= 0.3 is 0 Å². The molecule has 22 heavy (non-hydrogen) atoms. The first-order chi connectivity index (χ1) is 10.8. The van der Waals surface area contributed by atoms with Gasteiger partial charge in [0.15, 0.2) is 0 Å². The molecule has 0 amide bonds. The quantitative estimate of drug-likeness (QED) is 0.866. The Balaban J connectivity index is 1.40. The number of morpholine rings is 1. The third kappa shape index (κ3) is 3.16. The van der Waals surface area contributed by atoms with E-state index in [1.54, 1.807) is 0 Å². The van der Waals surface area contributed by atoms with Gasteiger partial charge in [-0.2, -0.15) is 0 Å². The minimum absolute atomic E-state index is 0.0665. The zero-order chi connectivity index (χ0) is 14.9. The van der Waals surface area contributed by atoms with Crippen LogP contribution in [0.5, 0.6) is 0 Å². The van der Waals surface area contributed by atoms with Crippen molar-refractivity contribution < 1.29 is 9.15 Å². The number of rotatable bonds is 4. The lowest BCUT2D eigenvalue weighted by molar-refractivity contribution is -0.0352. The molecule has 1 atom stereocenters. The summed E-state index contributed by atoms with van der Waals surface area (Å²) in [5.74, 6) is 2.02. The number of hydrogen-bond donors (Lipinski definition) is 0. The lowest BCUT2D eigenvalue weighted by Gasteiger charge is -2.32. The van der Waals surface area contributed by atoms with Crippen LogP contribution in [0.4, 0.5) is 0 Å². The summed E-state index contributed by atoms with van der Waals surface area (Å²) in [5, 5.41) is 9.05. The molecule has 1 aliphatic carbocycles. The van der Waals surface area contributed by atoms with Crippen LogP contribution in [0.1, 0.15) is 42.2 Å². The molecule has 4 rings (SSSR count). The lowest BCUT2D eigenvalue weighted by Crippen LogP contribution is -2.37. The van der Waals surface area contributed by atoms with Crippen molar-refractivity contribution >= 4 is 11.6 Å². The van der Waals surface area contributed by atoms with E-state index in [4.69, 9.17) is 20.8 Å². The van der Waals surface area contributed by atoms with Crippen LogP contribution in [-0.4, -0.2) is 34.8 Å². The Labute approximate surface area is 134 Å². The van der Waals surface area contributed by atoms with E-state index in [1.165, 1.54) is 12.8 Å². The van der Waals surface area contributed by atoms with Crippen molar-refractivity contribution in [3.63, 3.8) is 0 Å². The summed E-state index contributed by atoms with van der Waals surface area (Å²) in [6, 6.07) is 7.85. The second-order valence-corrected chi connectivity index (χ2v) is 6.39. The van der Waals surface area contributed by atoms with Crippen LogP contribution in [0.15, 0.2) is 28.7 Å². The fraction of sp³-hybridized carbons (Fsp3) is 0.500. The summed E-state index contributed by atoms with van der Waals surface area (Å²) in [6.45, 7) is 3.10. The van der Waals surface area contributed by atoms with Crippen LogP contribution < -0.4 is 0 Å². The molecule has 5 nitrogen and oxygen atoms in total. The summed E-state index contributed by atoms with van der Waals surface area (Å²) < 4.78 is 11.6. The van der Waals surface area contributed by atoms with Crippen LogP contribution in [0.3, 0.4) is 0 Å². The summed E-state index contributed by atoms with van der Waals surface area (Å²) in [4.78, 5) is 2.30. The predicted octanol–water partition coefficient (Wildman–Crippen LogP) is 3.17. The van der Waals surface area contributed by atoms with Gasteiger partial charge in [-0.3, -0.25) is 4.90 Å². The third-order valence-corrected chi connectivity index (χ3v) is 4.41. The topological polar surface area (TPSA) is 51.4 Å². The summed E-state index contributed by atoms with van der Waals surface area (Å²) >= 11 is 5.94. The van der Waals surface area contributed by atoms with E-state index in [2.05, 4.69) is 15.1 Å². The van der Waals surface area contributed by atoms with E-state index >= 15 is 0 Å². The van der Waals surface area contributed by atoms with Gasteiger partial charge in [0.05, 0.1) is 19.3 Å². The zero-order valence-electron chi connectivity index (χ0n) is 12.2. The van der Waals surface area contributed by atoms with E-state index in [-0.39, 0.29) is 6.10 Å². The molecule has 0 radical (unpaired) electrons. The summed E-state index contributed by atoms with van der Waals surface area (Å²) in [6.07, 6.45) is 2.42. The van der Waals surface area contributed by atoms with E-state index in [9.17, 15) is 0 Å².